The summed E-state index contributed by atoms with van der Waals surface area (Å²) in [5, 5.41) is 0. The van der Waals surface area contributed by atoms with E-state index in [-0.39, 0.29) is 11.6 Å². The van der Waals surface area contributed by atoms with E-state index in [4.69, 9.17) is 9.47 Å². The van der Waals surface area contributed by atoms with Gasteiger partial charge in [0.2, 0.25) is 0 Å². The molecule has 0 radical (unpaired) electrons. The topological polar surface area (TPSA) is 101 Å². The molecule has 0 atom stereocenters. The molecule has 8 heteroatoms. The lowest BCUT2D eigenvalue weighted by Crippen LogP contribution is -2.44. The summed E-state index contributed by atoms with van der Waals surface area (Å²) < 4.78 is 11.0. The lowest BCUT2D eigenvalue weighted by Gasteiger charge is -2.19. The molecule has 1 aliphatic rings. The molecule has 1 aromatic carbocycles. The van der Waals surface area contributed by atoms with Crippen molar-refractivity contribution in [3.8, 4) is 0 Å². The van der Waals surface area contributed by atoms with Crippen molar-refractivity contribution in [1.29, 1.82) is 0 Å². The Hall–Kier alpha value is -3.16. The van der Waals surface area contributed by atoms with Crippen molar-refractivity contribution in [2.75, 3.05) is 0 Å². The molecule has 0 aromatic heterocycles. The van der Waals surface area contributed by atoms with Crippen LogP contribution in [0.3, 0.4) is 0 Å². The molecule has 150 valence electrons. The third-order valence-electron chi connectivity index (χ3n) is 3.83. The Labute approximate surface area is 164 Å². The van der Waals surface area contributed by atoms with Crippen molar-refractivity contribution >= 4 is 24.7 Å². The van der Waals surface area contributed by atoms with Gasteiger partial charge in [0, 0.05) is 11.8 Å². The Bertz CT molecular complexity index is 790. The quantitative estimate of drug-likeness (QED) is 0.359. The third kappa shape index (κ3) is 6.22. The van der Waals surface area contributed by atoms with E-state index in [1.165, 1.54) is 6.20 Å². The third-order valence-corrected chi connectivity index (χ3v) is 3.83. The van der Waals surface area contributed by atoms with Crippen LogP contribution in [-0.2, 0) is 19.9 Å². The van der Waals surface area contributed by atoms with Crippen LogP contribution >= 0.6 is 0 Å². The Morgan fingerprint density at radius 1 is 1.18 bits per heavy atom. The summed E-state index contributed by atoms with van der Waals surface area (Å²) in [5.41, 5.74) is 4.60. The van der Waals surface area contributed by atoms with Crippen molar-refractivity contribution in [2.45, 2.75) is 51.7 Å². The minimum Gasteiger partial charge on any atom is -0.452 e. The lowest BCUT2D eigenvalue weighted by atomic mass is 10.1. The van der Waals surface area contributed by atoms with Gasteiger partial charge >= 0.3 is 12.1 Å². The number of nitrogens with zero attached hydrogens (tertiary/aromatic N) is 2. The van der Waals surface area contributed by atoms with Gasteiger partial charge in [0.25, 0.3) is 5.91 Å². The molecule has 8 nitrogen and oxygen atoms in total. The molecule has 1 fully saturated rings. The number of benzene rings is 1. The maximum atomic E-state index is 12.0. The van der Waals surface area contributed by atoms with E-state index in [1.807, 2.05) is 30.3 Å². The Morgan fingerprint density at radius 2 is 1.82 bits per heavy atom. The molecule has 2 N–H and O–H groups in total. The maximum absolute atomic E-state index is 12.0. The zero-order valence-electron chi connectivity index (χ0n) is 16.6. The Kier molecular flexibility index (Phi) is 6.56. The fraction of sp³-hybridized carbons (Fsp3) is 0.400. The summed E-state index contributed by atoms with van der Waals surface area (Å²) >= 11 is 0. The number of ether oxygens (including phenoxy) is 2. The highest BCUT2D eigenvalue weighted by atomic mass is 16.6. The maximum Gasteiger partial charge on any atom is 0.426 e. The number of rotatable bonds is 4. The summed E-state index contributed by atoms with van der Waals surface area (Å²) in [6.45, 7) is 10.2. The van der Waals surface area contributed by atoms with Crippen LogP contribution in [0.15, 0.2) is 52.1 Å². The van der Waals surface area contributed by atoms with Gasteiger partial charge < -0.3 is 9.47 Å². The van der Waals surface area contributed by atoms with Crippen LogP contribution in [0.2, 0.25) is 0 Å². The summed E-state index contributed by atoms with van der Waals surface area (Å²) in [7, 11) is 0. The predicted molar refractivity (Wildman–Crippen MR) is 107 cm³/mol. The van der Waals surface area contributed by atoms with Gasteiger partial charge in [0.15, 0.2) is 0 Å². The summed E-state index contributed by atoms with van der Waals surface area (Å²) in [5.74, 6) is -0.540. The number of carbonyl (C=O) groups excluding carboxylic acids is 2. The van der Waals surface area contributed by atoms with E-state index in [1.54, 1.807) is 27.7 Å². The predicted octanol–water partition coefficient (Wildman–Crippen LogP) is 3.21. The van der Waals surface area contributed by atoms with E-state index in [0.717, 1.165) is 18.4 Å². The van der Waals surface area contributed by atoms with E-state index in [2.05, 4.69) is 27.6 Å². The summed E-state index contributed by atoms with van der Waals surface area (Å²) in [6.07, 6.45) is 2.26. The van der Waals surface area contributed by atoms with Crippen LogP contribution < -0.4 is 10.9 Å². The van der Waals surface area contributed by atoms with Crippen molar-refractivity contribution in [2.24, 2.45) is 9.98 Å². The second kappa shape index (κ2) is 8.69. The van der Waals surface area contributed by atoms with Crippen LogP contribution in [0.1, 0.15) is 46.1 Å². The SMILES string of the molecule is C=N/C(=N\C=C(/C)C(=O)NNC(=O)OC(C)(C)C)OC1(c2ccccc2)CC1. The lowest BCUT2D eigenvalue weighted by molar-refractivity contribution is -0.118. The molecule has 0 heterocycles. The smallest absolute Gasteiger partial charge is 0.426 e. The molecule has 2 rings (SSSR count). The number of hydrogen-bond donors (Lipinski definition) is 2. The van der Waals surface area contributed by atoms with Crippen LogP contribution in [-0.4, -0.2) is 30.3 Å². The molecule has 1 saturated carbocycles. The zero-order valence-corrected chi connectivity index (χ0v) is 16.6. The van der Waals surface area contributed by atoms with Crippen molar-refractivity contribution in [3.63, 3.8) is 0 Å². The first-order chi connectivity index (χ1) is 13.1. The second-order valence-electron chi connectivity index (χ2n) is 7.43. The standard InChI is InChI=1S/C20H26N4O4/c1-14(16(25)23-24-18(26)28-19(2,3)4)13-22-17(21-5)27-20(11-12-20)15-9-7-6-8-10-15/h6-10,13H,5,11-12H2,1-4H3,(H,23,25)(H,24,26)/b14-13+,22-17+. The number of nitrogens with one attached hydrogen (secondary N) is 2. The van der Waals surface area contributed by atoms with Gasteiger partial charge in [0.1, 0.15) is 11.2 Å². The van der Waals surface area contributed by atoms with Crippen LogP contribution in [0.4, 0.5) is 4.79 Å². The number of amides is 2. The molecule has 1 aliphatic carbocycles. The number of amidine groups is 1. The molecule has 0 saturated heterocycles. The van der Waals surface area contributed by atoms with E-state index in [0.29, 0.717) is 0 Å². The molecular weight excluding hydrogens is 360 g/mol. The van der Waals surface area contributed by atoms with Crippen molar-refractivity contribution in [1.82, 2.24) is 10.9 Å². The van der Waals surface area contributed by atoms with Gasteiger partial charge in [-0.05, 0) is 52.8 Å². The summed E-state index contributed by atoms with van der Waals surface area (Å²) in [6, 6.07) is 9.89. The van der Waals surface area contributed by atoms with Gasteiger partial charge in [-0.15, -0.1) is 0 Å². The monoisotopic (exact) mass is 386 g/mol. The van der Waals surface area contributed by atoms with Crippen molar-refractivity contribution in [3.05, 3.63) is 47.7 Å². The minimum absolute atomic E-state index is 0.0774. The molecule has 0 spiro atoms. The second-order valence-corrected chi connectivity index (χ2v) is 7.43. The van der Waals surface area contributed by atoms with Crippen LogP contribution in [0.5, 0.6) is 0 Å². The normalized spacial score (nSPS) is 16.0. The minimum atomic E-state index is -0.757. The van der Waals surface area contributed by atoms with Gasteiger partial charge in [-0.1, -0.05) is 30.3 Å². The Morgan fingerprint density at radius 3 is 2.36 bits per heavy atom. The van der Waals surface area contributed by atoms with Gasteiger partial charge in [0.05, 0.1) is 0 Å². The highest BCUT2D eigenvalue weighted by Gasteiger charge is 2.48. The average molecular weight is 386 g/mol. The first-order valence-electron chi connectivity index (χ1n) is 8.90. The van der Waals surface area contributed by atoms with Crippen LogP contribution in [0, 0.1) is 0 Å². The molecule has 1 aromatic rings. The largest absolute Gasteiger partial charge is 0.452 e. The van der Waals surface area contributed by atoms with Crippen LogP contribution in [0.25, 0.3) is 0 Å². The highest BCUT2D eigenvalue weighted by molar-refractivity contribution is 5.94. The van der Waals surface area contributed by atoms with E-state index >= 15 is 0 Å². The van der Waals surface area contributed by atoms with Gasteiger partial charge in [-0.2, -0.15) is 0 Å². The van der Waals surface area contributed by atoms with E-state index in [9.17, 15) is 9.59 Å². The summed E-state index contributed by atoms with van der Waals surface area (Å²) in [4.78, 5) is 31.5. The van der Waals surface area contributed by atoms with Gasteiger partial charge in [-0.25, -0.2) is 20.2 Å². The molecule has 0 aliphatic heterocycles. The Balaban J connectivity index is 1.95. The molecule has 2 amide bonds. The van der Waals surface area contributed by atoms with Gasteiger partial charge in [-0.3, -0.25) is 10.2 Å². The molecule has 0 unspecified atom stereocenters. The first-order valence-corrected chi connectivity index (χ1v) is 8.90. The molecular formula is C20H26N4O4. The molecule has 28 heavy (non-hydrogen) atoms. The fourth-order valence-corrected chi connectivity index (χ4v) is 2.30. The number of hydrogen-bond acceptors (Lipinski definition) is 5. The van der Waals surface area contributed by atoms with Crippen molar-refractivity contribution < 1.29 is 19.1 Å². The number of aliphatic imine (C=N–C) groups is 2. The van der Waals surface area contributed by atoms with E-state index < -0.39 is 23.2 Å². The number of carbonyl (C=O) groups is 2. The molecule has 0 bridgehead atoms. The zero-order chi connectivity index (χ0) is 20.8. The first kappa shape index (κ1) is 21.1. The fourth-order valence-electron chi connectivity index (χ4n) is 2.30. The number of hydrazine groups is 1. The average Bonchev–Trinajstić information content (AvgIpc) is 3.43. The highest BCUT2D eigenvalue weighted by Crippen LogP contribution is 2.49.